The van der Waals surface area contributed by atoms with E-state index in [-0.39, 0.29) is 34.4 Å². The first kappa shape index (κ1) is 22.3. The second kappa shape index (κ2) is 9.64. The number of benzene rings is 1. The Morgan fingerprint density at radius 2 is 1.90 bits per heavy atom. The van der Waals surface area contributed by atoms with Gasteiger partial charge in [0.1, 0.15) is 7.85 Å². The van der Waals surface area contributed by atoms with Crippen molar-refractivity contribution in [1.82, 2.24) is 15.5 Å². The van der Waals surface area contributed by atoms with Crippen LogP contribution >= 0.6 is 0 Å². The summed E-state index contributed by atoms with van der Waals surface area (Å²) in [5.74, 6) is -0.234. The van der Waals surface area contributed by atoms with E-state index in [0.717, 1.165) is 12.0 Å². The molecule has 10 heteroatoms. The SMILES string of the molecule is [B]C1=CC=C(NC2=NS(=O)N=C2N[C@H](CC)c2ccccc2)C(O)=C=C1C(=O)N(C)C. The zero-order valence-corrected chi connectivity index (χ0v) is 18.2. The number of nitrogens with zero attached hydrogens (tertiary/aromatic N) is 3. The maximum Gasteiger partial charge on any atom is 0.269 e. The quantitative estimate of drug-likeness (QED) is 0.483. The standard InChI is InChI=1S/C21H22BN5O3S/c1-4-16(13-8-6-5-7-9-13)23-19-20(26-31(30)25-19)24-17-11-10-15(22)14(12-18(17)28)21(29)27(2)3/h5-11,16,28H,4H2,1-3H3,(H,23,25)(H,24,26)/t16-,31?/m1/s1. The Balaban J connectivity index is 1.85. The molecule has 0 saturated carbocycles. The van der Waals surface area contributed by atoms with E-state index in [1.165, 1.54) is 17.1 Å². The van der Waals surface area contributed by atoms with Crippen molar-refractivity contribution in [3.8, 4) is 0 Å². The van der Waals surface area contributed by atoms with E-state index >= 15 is 0 Å². The minimum atomic E-state index is -1.80. The number of hydrogen-bond donors (Lipinski definition) is 3. The van der Waals surface area contributed by atoms with Crippen molar-refractivity contribution in [2.45, 2.75) is 19.4 Å². The number of likely N-dealkylation sites (N-methyl/N-ethyl adjacent to an activating group) is 1. The molecule has 0 fully saturated rings. The molecule has 1 unspecified atom stereocenters. The smallest absolute Gasteiger partial charge is 0.269 e. The molecule has 158 valence electrons. The lowest BCUT2D eigenvalue weighted by Gasteiger charge is -2.19. The molecule has 1 aromatic carbocycles. The van der Waals surface area contributed by atoms with Crippen LogP contribution in [0.3, 0.4) is 0 Å². The van der Waals surface area contributed by atoms with Crippen molar-refractivity contribution in [2.75, 3.05) is 14.1 Å². The summed E-state index contributed by atoms with van der Waals surface area (Å²) in [6.45, 7) is 2.02. The topological polar surface area (TPSA) is 106 Å². The van der Waals surface area contributed by atoms with Crippen LogP contribution in [0.25, 0.3) is 0 Å². The maximum absolute atomic E-state index is 12.3. The summed E-state index contributed by atoms with van der Waals surface area (Å²) >= 11 is -1.80. The second-order valence-electron chi connectivity index (χ2n) is 7.00. The maximum atomic E-state index is 12.3. The summed E-state index contributed by atoms with van der Waals surface area (Å²) in [5.41, 5.74) is 4.04. The Bertz CT molecular complexity index is 1100. The van der Waals surface area contributed by atoms with Gasteiger partial charge in [0.05, 0.1) is 17.3 Å². The van der Waals surface area contributed by atoms with Gasteiger partial charge in [-0.25, -0.2) is 4.21 Å². The third-order valence-electron chi connectivity index (χ3n) is 4.57. The molecule has 2 aliphatic rings. The number of amides is 1. The first-order valence-corrected chi connectivity index (χ1v) is 10.6. The summed E-state index contributed by atoms with van der Waals surface area (Å²) in [7, 11) is 9.10. The summed E-state index contributed by atoms with van der Waals surface area (Å²) < 4.78 is 20.0. The number of allylic oxidation sites excluding steroid dienone is 2. The van der Waals surface area contributed by atoms with Gasteiger partial charge in [0.2, 0.25) is 0 Å². The minimum Gasteiger partial charge on any atom is -0.500 e. The van der Waals surface area contributed by atoms with Gasteiger partial charge in [-0.2, -0.15) is 0 Å². The Kier molecular flexibility index (Phi) is 6.94. The Morgan fingerprint density at radius 1 is 1.23 bits per heavy atom. The summed E-state index contributed by atoms with van der Waals surface area (Å²) in [5, 5.41) is 16.7. The average Bonchev–Trinajstić information content (AvgIpc) is 3.04. The number of nitrogens with one attached hydrogen (secondary N) is 2. The molecule has 0 bridgehead atoms. The number of carbonyl (C=O) groups excluding carboxylic acids is 1. The fourth-order valence-electron chi connectivity index (χ4n) is 2.93. The van der Waals surface area contributed by atoms with Crippen LogP contribution in [0.2, 0.25) is 0 Å². The van der Waals surface area contributed by atoms with Crippen molar-refractivity contribution < 1.29 is 14.1 Å². The van der Waals surface area contributed by atoms with Crippen molar-refractivity contribution in [3.63, 3.8) is 0 Å². The monoisotopic (exact) mass is 435 g/mol. The summed E-state index contributed by atoms with van der Waals surface area (Å²) in [6, 6.07) is 9.72. The molecule has 2 atom stereocenters. The molecular weight excluding hydrogens is 413 g/mol. The molecule has 1 amide bonds. The van der Waals surface area contributed by atoms with Gasteiger partial charge in [-0.05, 0) is 18.1 Å². The van der Waals surface area contributed by atoms with Crippen LogP contribution in [0.4, 0.5) is 0 Å². The normalized spacial score (nSPS) is 19.0. The van der Waals surface area contributed by atoms with E-state index in [4.69, 9.17) is 7.85 Å². The first-order valence-electron chi connectivity index (χ1n) is 9.58. The van der Waals surface area contributed by atoms with Gasteiger partial charge >= 0.3 is 0 Å². The molecule has 3 N–H and O–H groups in total. The molecule has 0 aromatic heterocycles. The first-order chi connectivity index (χ1) is 14.8. The van der Waals surface area contributed by atoms with Gasteiger partial charge in [-0.3, -0.25) is 4.79 Å². The number of hydrogen-bond acceptors (Lipinski definition) is 5. The Morgan fingerprint density at radius 3 is 2.55 bits per heavy atom. The van der Waals surface area contributed by atoms with E-state index in [2.05, 4.69) is 25.2 Å². The highest BCUT2D eigenvalue weighted by molar-refractivity contribution is 7.83. The molecule has 31 heavy (non-hydrogen) atoms. The number of rotatable bonds is 5. The molecule has 0 spiro atoms. The lowest BCUT2D eigenvalue weighted by atomic mass is 9.87. The summed E-state index contributed by atoms with van der Waals surface area (Å²) in [4.78, 5) is 13.6. The fourth-order valence-corrected chi connectivity index (χ4v) is 3.56. The molecule has 1 aromatic rings. The van der Waals surface area contributed by atoms with Gasteiger partial charge in [0.15, 0.2) is 17.4 Å². The minimum absolute atomic E-state index is 0.0367. The van der Waals surface area contributed by atoms with Crippen LogP contribution in [-0.4, -0.2) is 53.7 Å². The lowest BCUT2D eigenvalue weighted by Crippen LogP contribution is -2.40. The molecule has 0 saturated heterocycles. The predicted molar refractivity (Wildman–Crippen MR) is 123 cm³/mol. The van der Waals surface area contributed by atoms with E-state index in [1.807, 2.05) is 37.3 Å². The van der Waals surface area contributed by atoms with Crippen molar-refractivity contribution in [1.29, 1.82) is 0 Å². The molecule has 8 nitrogen and oxygen atoms in total. The zero-order valence-electron chi connectivity index (χ0n) is 17.4. The zero-order chi connectivity index (χ0) is 22.5. The molecule has 1 aliphatic carbocycles. The van der Waals surface area contributed by atoms with Crippen molar-refractivity contribution in [3.05, 3.63) is 76.3 Å². The predicted octanol–water partition coefficient (Wildman–Crippen LogP) is 1.71. The molecule has 1 aliphatic heterocycles. The molecular formula is C21H22BN5O3S. The van der Waals surface area contributed by atoms with Crippen LogP contribution in [-0.2, 0) is 16.0 Å². The highest BCUT2D eigenvalue weighted by Gasteiger charge is 2.24. The van der Waals surface area contributed by atoms with Gasteiger partial charge in [-0.15, -0.1) is 8.80 Å². The van der Waals surface area contributed by atoms with Crippen molar-refractivity contribution in [2.24, 2.45) is 8.80 Å². The van der Waals surface area contributed by atoms with Crippen LogP contribution in [0.1, 0.15) is 24.9 Å². The number of aliphatic hydroxyl groups excluding tert-OH is 1. The van der Waals surface area contributed by atoms with Crippen LogP contribution in [0, 0.1) is 0 Å². The lowest BCUT2D eigenvalue weighted by molar-refractivity contribution is -0.124. The largest absolute Gasteiger partial charge is 0.500 e. The third kappa shape index (κ3) is 5.23. The van der Waals surface area contributed by atoms with Gasteiger partial charge < -0.3 is 20.6 Å². The Hall–Kier alpha value is -3.36. The van der Waals surface area contributed by atoms with Gasteiger partial charge in [0.25, 0.3) is 17.1 Å². The highest BCUT2D eigenvalue weighted by atomic mass is 32.2. The van der Waals surface area contributed by atoms with E-state index in [0.29, 0.717) is 5.84 Å². The summed E-state index contributed by atoms with van der Waals surface area (Å²) in [6.07, 6.45) is 3.73. The van der Waals surface area contributed by atoms with E-state index in [9.17, 15) is 14.1 Å². The van der Waals surface area contributed by atoms with Gasteiger partial charge in [0, 0.05) is 14.1 Å². The van der Waals surface area contributed by atoms with E-state index < -0.39 is 17.1 Å². The van der Waals surface area contributed by atoms with Crippen LogP contribution in [0.5, 0.6) is 0 Å². The van der Waals surface area contributed by atoms with Crippen LogP contribution in [0.15, 0.2) is 79.5 Å². The highest BCUT2D eigenvalue weighted by Crippen LogP contribution is 2.19. The Labute approximate surface area is 185 Å². The van der Waals surface area contributed by atoms with Gasteiger partial charge in [-0.1, -0.05) is 54.5 Å². The van der Waals surface area contributed by atoms with Crippen LogP contribution < -0.4 is 10.6 Å². The number of carbonyl (C=O) groups is 1. The molecule has 2 radical (unpaired) electrons. The molecule has 1 heterocycles. The molecule has 3 rings (SSSR count). The number of amidine groups is 2. The van der Waals surface area contributed by atoms with Crippen molar-refractivity contribution >= 4 is 36.6 Å². The second-order valence-corrected chi connectivity index (χ2v) is 7.83. The average molecular weight is 435 g/mol. The third-order valence-corrected chi connectivity index (χ3v) is 5.25. The van der Waals surface area contributed by atoms with E-state index in [1.54, 1.807) is 14.1 Å². The fraction of sp³-hybridized carbons (Fsp3) is 0.238. The number of aliphatic hydroxyl groups is 1.